The highest BCUT2D eigenvalue weighted by molar-refractivity contribution is 7.09. The SMILES string of the molecule is CC(CO)N(C)C(=O)NCCc1cccs1. The fraction of sp³-hybridized carbons (Fsp3) is 0.545. The first kappa shape index (κ1) is 13.0. The Morgan fingerprint density at radius 2 is 2.44 bits per heavy atom. The summed E-state index contributed by atoms with van der Waals surface area (Å²) in [6.07, 6.45) is 0.852. The van der Waals surface area contributed by atoms with E-state index in [1.54, 1.807) is 25.3 Å². The maximum atomic E-state index is 11.6. The van der Waals surface area contributed by atoms with Crippen LogP contribution in [0.5, 0.6) is 0 Å². The number of carbonyl (C=O) groups excluding carboxylic acids is 1. The van der Waals surface area contributed by atoms with Gasteiger partial charge in [0, 0.05) is 18.5 Å². The van der Waals surface area contributed by atoms with E-state index in [0.29, 0.717) is 6.54 Å². The summed E-state index contributed by atoms with van der Waals surface area (Å²) in [6.45, 7) is 2.41. The summed E-state index contributed by atoms with van der Waals surface area (Å²) in [5.74, 6) is 0. The standard InChI is InChI=1S/C11H18N2O2S/c1-9(8-14)13(2)11(15)12-6-5-10-4-3-7-16-10/h3-4,7,9,14H,5-6,8H2,1-2H3,(H,12,15). The quantitative estimate of drug-likeness (QED) is 0.818. The minimum atomic E-state index is -0.151. The molecule has 0 aromatic carbocycles. The van der Waals surface area contributed by atoms with Gasteiger partial charge in [-0.05, 0) is 24.8 Å². The molecule has 4 nitrogen and oxygen atoms in total. The lowest BCUT2D eigenvalue weighted by Gasteiger charge is -2.23. The number of urea groups is 1. The zero-order chi connectivity index (χ0) is 12.0. The van der Waals surface area contributed by atoms with Gasteiger partial charge in [-0.15, -0.1) is 11.3 Å². The van der Waals surface area contributed by atoms with Crippen LogP contribution in [0.15, 0.2) is 17.5 Å². The van der Waals surface area contributed by atoms with Gasteiger partial charge in [-0.2, -0.15) is 0 Å². The van der Waals surface area contributed by atoms with E-state index in [9.17, 15) is 4.79 Å². The molecule has 90 valence electrons. The minimum Gasteiger partial charge on any atom is -0.394 e. The van der Waals surface area contributed by atoms with E-state index in [-0.39, 0.29) is 18.7 Å². The number of hydrogen-bond acceptors (Lipinski definition) is 3. The van der Waals surface area contributed by atoms with E-state index in [2.05, 4.69) is 11.4 Å². The van der Waals surface area contributed by atoms with Crippen LogP contribution >= 0.6 is 11.3 Å². The molecule has 1 rings (SSSR count). The monoisotopic (exact) mass is 242 g/mol. The highest BCUT2D eigenvalue weighted by Gasteiger charge is 2.13. The smallest absolute Gasteiger partial charge is 0.317 e. The summed E-state index contributed by atoms with van der Waals surface area (Å²) in [4.78, 5) is 14.3. The summed E-state index contributed by atoms with van der Waals surface area (Å²) in [7, 11) is 1.68. The van der Waals surface area contributed by atoms with E-state index in [1.165, 1.54) is 9.78 Å². The van der Waals surface area contributed by atoms with Crippen LogP contribution in [0.4, 0.5) is 4.79 Å². The van der Waals surface area contributed by atoms with Gasteiger partial charge in [-0.25, -0.2) is 4.79 Å². The fourth-order valence-corrected chi connectivity index (χ4v) is 1.90. The Hall–Kier alpha value is -1.07. The summed E-state index contributed by atoms with van der Waals surface area (Å²) >= 11 is 1.69. The molecule has 0 aliphatic rings. The number of likely N-dealkylation sites (N-methyl/N-ethyl adjacent to an activating group) is 1. The maximum absolute atomic E-state index is 11.6. The largest absolute Gasteiger partial charge is 0.394 e. The Balaban J connectivity index is 2.24. The number of aliphatic hydroxyl groups is 1. The first-order valence-corrected chi connectivity index (χ1v) is 6.17. The minimum absolute atomic E-state index is 0.0190. The van der Waals surface area contributed by atoms with Crippen LogP contribution in [-0.4, -0.2) is 42.3 Å². The normalized spacial score (nSPS) is 12.2. The fourth-order valence-electron chi connectivity index (χ4n) is 1.19. The number of hydrogen-bond donors (Lipinski definition) is 2. The van der Waals surface area contributed by atoms with E-state index >= 15 is 0 Å². The Kier molecular flexibility index (Phi) is 5.28. The molecule has 1 heterocycles. The molecule has 5 heteroatoms. The Morgan fingerprint density at radius 1 is 1.69 bits per heavy atom. The van der Waals surface area contributed by atoms with Crippen molar-refractivity contribution in [2.24, 2.45) is 0 Å². The number of aliphatic hydroxyl groups excluding tert-OH is 1. The summed E-state index contributed by atoms with van der Waals surface area (Å²) < 4.78 is 0. The van der Waals surface area contributed by atoms with Crippen LogP contribution in [0.3, 0.4) is 0 Å². The van der Waals surface area contributed by atoms with Crippen molar-refractivity contribution >= 4 is 17.4 Å². The number of carbonyl (C=O) groups is 1. The molecule has 0 saturated carbocycles. The van der Waals surface area contributed by atoms with Crippen molar-refractivity contribution in [3.05, 3.63) is 22.4 Å². The predicted molar refractivity (Wildman–Crippen MR) is 65.7 cm³/mol. The van der Waals surface area contributed by atoms with Crippen molar-refractivity contribution in [2.45, 2.75) is 19.4 Å². The van der Waals surface area contributed by atoms with Crippen molar-refractivity contribution in [3.8, 4) is 0 Å². The first-order valence-electron chi connectivity index (χ1n) is 5.29. The van der Waals surface area contributed by atoms with Gasteiger partial charge in [-0.1, -0.05) is 6.07 Å². The van der Waals surface area contributed by atoms with Crippen molar-refractivity contribution in [2.75, 3.05) is 20.2 Å². The molecule has 0 bridgehead atoms. The molecule has 1 aromatic heterocycles. The van der Waals surface area contributed by atoms with Crippen LogP contribution in [0, 0.1) is 0 Å². The average molecular weight is 242 g/mol. The van der Waals surface area contributed by atoms with Crippen molar-refractivity contribution in [3.63, 3.8) is 0 Å². The predicted octanol–water partition coefficient (Wildman–Crippen LogP) is 1.31. The van der Waals surface area contributed by atoms with Gasteiger partial charge < -0.3 is 15.3 Å². The second-order valence-corrected chi connectivity index (χ2v) is 4.74. The lowest BCUT2D eigenvalue weighted by molar-refractivity contribution is 0.157. The van der Waals surface area contributed by atoms with Gasteiger partial charge in [0.25, 0.3) is 0 Å². The number of rotatable bonds is 5. The molecule has 1 aromatic rings. The van der Waals surface area contributed by atoms with Crippen LogP contribution in [-0.2, 0) is 6.42 Å². The maximum Gasteiger partial charge on any atom is 0.317 e. The molecular weight excluding hydrogens is 224 g/mol. The van der Waals surface area contributed by atoms with E-state index in [0.717, 1.165) is 6.42 Å². The highest BCUT2D eigenvalue weighted by Crippen LogP contribution is 2.08. The second kappa shape index (κ2) is 6.50. The molecule has 2 amide bonds. The van der Waals surface area contributed by atoms with Crippen molar-refractivity contribution in [1.82, 2.24) is 10.2 Å². The summed E-state index contributed by atoms with van der Waals surface area (Å²) in [6, 6.07) is 3.76. The molecule has 1 unspecified atom stereocenters. The van der Waals surface area contributed by atoms with Gasteiger partial charge >= 0.3 is 6.03 Å². The molecule has 0 fully saturated rings. The number of thiophene rings is 1. The van der Waals surface area contributed by atoms with Gasteiger partial charge in [0.2, 0.25) is 0 Å². The second-order valence-electron chi connectivity index (χ2n) is 3.70. The molecule has 2 N–H and O–H groups in total. The van der Waals surface area contributed by atoms with Crippen LogP contribution < -0.4 is 5.32 Å². The van der Waals surface area contributed by atoms with E-state index in [4.69, 9.17) is 5.11 Å². The summed E-state index contributed by atoms with van der Waals surface area (Å²) in [5.41, 5.74) is 0. The molecule has 0 radical (unpaired) electrons. The lowest BCUT2D eigenvalue weighted by atomic mass is 10.3. The number of amides is 2. The molecule has 1 atom stereocenters. The Labute approximate surface area is 99.9 Å². The number of nitrogens with one attached hydrogen (secondary N) is 1. The zero-order valence-corrected chi connectivity index (χ0v) is 10.5. The number of nitrogens with zero attached hydrogens (tertiary/aromatic N) is 1. The molecule has 0 saturated heterocycles. The van der Waals surface area contributed by atoms with Gasteiger partial charge in [0.1, 0.15) is 0 Å². The average Bonchev–Trinajstić information content (AvgIpc) is 2.79. The molecular formula is C11H18N2O2S. The third-order valence-corrected chi connectivity index (χ3v) is 3.41. The Morgan fingerprint density at radius 3 is 3.00 bits per heavy atom. The van der Waals surface area contributed by atoms with Crippen LogP contribution in [0.1, 0.15) is 11.8 Å². The van der Waals surface area contributed by atoms with E-state index in [1.807, 2.05) is 11.4 Å². The van der Waals surface area contributed by atoms with Crippen LogP contribution in [0.25, 0.3) is 0 Å². The Bertz CT molecular complexity index is 314. The lowest BCUT2D eigenvalue weighted by Crippen LogP contribution is -2.44. The van der Waals surface area contributed by atoms with Gasteiger partial charge in [0.15, 0.2) is 0 Å². The zero-order valence-electron chi connectivity index (χ0n) is 9.64. The third kappa shape index (κ3) is 3.83. The summed E-state index contributed by atoms with van der Waals surface area (Å²) in [5, 5.41) is 13.8. The van der Waals surface area contributed by atoms with Crippen molar-refractivity contribution < 1.29 is 9.90 Å². The van der Waals surface area contributed by atoms with Gasteiger partial charge in [0.05, 0.1) is 12.6 Å². The molecule has 0 spiro atoms. The topological polar surface area (TPSA) is 52.6 Å². The van der Waals surface area contributed by atoms with Gasteiger partial charge in [-0.3, -0.25) is 0 Å². The first-order chi connectivity index (χ1) is 7.65. The molecule has 0 aliphatic carbocycles. The highest BCUT2D eigenvalue weighted by atomic mass is 32.1. The van der Waals surface area contributed by atoms with Crippen molar-refractivity contribution in [1.29, 1.82) is 0 Å². The molecule has 16 heavy (non-hydrogen) atoms. The molecule has 0 aliphatic heterocycles. The van der Waals surface area contributed by atoms with E-state index < -0.39 is 0 Å². The van der Waals surface area contributed by atoms with Crippen LogP contribution in [0.2, 0.25) is 0 Å². The third-order valence-electron chi connectivity index (χ3n) is 2.47.